The molecule has 4 rings (SSSR count). The molecule has 0 aromatic heterocycles. The van der Waals surface area contributed by atoms with Crippen molar-refractivity contribution in [3.05, 3.63) is 11.6 Å². The third-order valence-electron chi connectivity index (χ3n) is 10.6. The van der Waals surface area contributed by atoms with Gasteiger partial charge >= 0.3 is 0 Å². The summed E-state index contributed by atoms with van der Waals surface area (Å²) < 4.78 is 29.9. The van der Waals surface area contributed by atoms with E-state index in [1.807, 2.05) is 6.92 Å². The molecule has 0 aliphatic heterocycles. The Morgan fingerprint density at radius 2 is 1.79 bits per heavy atom. The summed E-state index contributed by atoms with van der Waals surface area (Å²) >= 11 is 6.03. The van der Waals surface area contributed by atoms with Crippen LogP contribution >= 0.6 is 11.6 Å². The van der Waals surface area contributed by atoms with Crippen molar-refractivity contribution in [1.82, 2.24) is 0 Å². The highest BCUT2D eigenvalue weighted by molar-refractivity contribution is 6.24. The smallest absolute Gasteiger partial charge is 0.250 e. The molecule has 0 bridgehead atoms. The van der Waals surface area contributed by atoms with Gasteiger partial charge in [0.25, 0.3) is 0 Å². The third-order valence-corrected chi connectivity index (χ3v) is 11.0. The number of halogens is 3. The fourth-order valence-corrected chi connectivity index (χ4v) is 9.12. The maximum atomic E-state index is 14.9. The minimum atomic E-state index is -3.02. The van der Waals surface area contributed by atoms with Crippen molar-refractivity contribution in [2.24, 2.45) is 40.4 Å². The second-order valence-electron chi connectivity index (χ2n) is 12.6. The van der Waals surface area contributed by atoms with Crippen LogP contribution in [0, 0.1) is 40.4 Å². The predicted molar refractivity (Wildman–Crippen MR) is 127 cm³/mol. The lowest BCUT2D eigenvalue weighted by Gasteiger charge is -2.58. The van der Waals surface area contributed by atoms with E-state index < -0.39 is 30.4 Å². The van der Waals surface area contributed by atoms with Crippen molar-refractivity contribution in [2.45, 2.75) is 102 Å². The zero-order valence-electron chi connectivity index (χ0n) is 20.5. The van der Waals surface area contributed by atoms with Gasteiger partial charge in [0.15, 0.2) is 0 Å². The number of allylic oxidation sites excluding steroid dienone is 1. The Balaban J connectivity index is 1.49. The largest absolute Gasteiger partial charge is 0.394 e. The van der Waals surface area contributed by atoms with E-state index in [9.17, 15) is 24.1 Å². The molecule has 0 radical (unpaired) electrons. The lowest BCUT2D eigenvalue weighted by Crippen LogP contribution is -2.51. The Labute approximate surface area is 203 Å². The molecule has 0 saturated heterocycles. The van der Waals surface area contributed by atoms with Crippen molar-refractivity contribution in [3.63, 3.8) is 0 Å². The fourth-order valence-electron chi connectivity index (χ4n) is 8.93. The van der Waals surface area contributed by atoms with Crippen LogP contribution in [-0.2, 0) is 0 Å². The normalized spacial score (nSPS) is 42.2. The van der Waals surface area contributed by atoms with Crippen LogP contribution in [0.1, 0.15) is 85.0 Å². The van der Waals surface area contributed by atoms with E-state index in [-0.39, 0.29) is 35.2 Å². The number of hydrogen-bond donors (Lipinski definition) is 3. The monoisotopic (exact) mass is 488 g/mol. The molecule has 33 heavy (non-hydrogen) atoms. The van der Waals surface area contributed by atoms with Crippen LogP contribution in [-0.4, -0.2) is 45.4 Å². The molecular formula is C27H43ClF2O3. The standard InChI is InChI=1S/C27H43ClF2O3/c1-17(13-27(29,30)14-26(28,15-31)16-32)21-6-7-22-20-5-4-18-12-19(33)8-10-24(18,2)23(20)9-11-25(21,22)3/h4,17,19-23,31-33H,5-16H2,1-3H3/t17-,19+,20+,21-,22+,23+,24+,25-/m1/s1. The van der Waals surface area contributed by atoms with Gasteiger partial charge in [-0.1, -0.05) is 32.4 Å². The first-order valence-electron chi connectivity index (χ1n) is 13.0. The summed E-state index contributed by atoms with van der Waals surface area (Å²) in [5, 5.41) is 28.9. The number of alkyl halides is 3. The predicted octanol–water partition coefficient (Wildman–Crippen LogP) is 5.94. The molecule has 0 amide bonds. The highest BCUT2D eigenvalue weighted by Crippen LogP contribution is 2.67. The summed E-state index contributed by atoms with van der Waals surface area (Å²) in [5.41, 5.74) is 1.74. The van der Waals surface area contributed by atoms with Gasteiger partial charge in [-0.25, -0.2) is 8.78 Å². The molecule has 4 aliphatic carbocycles. The molecular weight excluding hydrogens is 446 g/mol. The molecule has 3 fully saturated rings. The molecule has 0 heterocycles. The first-order valence-corrected chi connectivity index (χ1v) is 13.4. The molecule has 190 valence electrons. The summed E-state index contributed by atoms with van der Waals surface area (Å²) in [5.74, 6) is -1.07. The maximum Gasteiger partial charge on any atom is 0.250 e. The number of aliphatic hydroxyl groups is 3. The van der Waals surface area contributed by atoms with Gasteiger partial charge in [0.05, 0.1) is 24.2 Å². The number of hydrogen-bond acceptors (Lipinski definition) is 3. The van der Waals surface area contributed by atoms with E-state index in [2.05, 4.69) is 19.9 Å². The van der Waals surface area contributed by atoms with Crippen molar-refractivity contribution >= 4 is 11.6 Å². The topological polar surface area (TPSA) is 60.7 Å². The van der Waals surface area contributed by atoms with Crippen LogP contribution in [0.5, 0.6) is 0 Å². The zero-order chi connectivity index (χ0) is 24.2. The molecule has 0 aromatic carbocycles. The quantitative estimate of drug-likeness (QED) is 0.307. The lowest BCUT2D eigenvalue weighted by molar-refractivity contribution is -0.0814. The van der Waals surface area contributed by atoms with E-state index in [1.165, 1.54) is 5.57 Å². The minimum absolute atomic E-state index is 0.0819. The summed E-state index contributed by atoms with van der Waals surface area (Å²) in [4.78, 5) is -1.67. The van der Waals surface area contributed by atoms with Gasteiger partial charge in [-0.15, -0.1) is 11.6 Å². The molecule has 0 unspecified atom stereocenters. The van der Waals surface area contributed by atoms with Gasteiger partial charge in [-0.2, -0.15) is 0 Å². The van der Waals surface area contributed by atoms with Crippen LogP contribution in [0.4, 0.5) is 8.78 Å². The van der Waals surface area contributed by atoms with Crippen LogP contribution in [0.2, 0.25) is 0 Å². The first-order chi connectivity index (χ1) is 15.4. The van der Waals surface area contributed by atoms with Crippen molar-refractivity contribution in [1.29, 1.82) is 0 Å². The van der Waals surface area contributed by atoms with Crippen molar-refractivity contribution in [2.75, 3.05) is 13.2 Å². The molecule has 4 aliphatic rings. The molecule has 0 spiro atoms. The summed E-state index contributed by atoms with van der Waals surface area (Å²) in [6, 6.07) is 0. The summed E-state index contributed by atoms with van der Waals surface area (Å²) in [7, 11) is 0. The van der Waals surface area contributed by atoms with Crippen molar-refractivity contribution < 1.29 is 24.1 Å². The molecule has 6 heteroatoms. The van der Waals surface area contributed by atoms with Gasteiger partial charge in [0.2, 0.25) is 5.92 Å². The molecule has 3 N–H and O–H groups in total. The van der Waals surface area contributed by atoms with E-state index in [0.717, 1.165) is 51.4 Å². The van der Waals surface area contributed by atoms with Gasteiger partial charge < -0.3 is 15.3 Å². The Morgan fingerprint density at radius 1 is 1.09 bits per heavy atom. The van der Waals surface area contributed by atoms with E-state index >= 15 is 0 Å². The van der Waals surface area contributed by atoms with Crippen LogP contribution in [0.25, 0.3) is 0 Å². The highest BCUT2D eigenvalue weighted by atomic mass is 35.5. The molecule has 3 saturated carbocycles. The van der Waals surface area contributed by atoms with Gasteiger partial charge in [-0.05, 0) is 91.8 Å². The average molecular weight is 489 g/mol. The molecule has 8 atom stereocenters. The Bertz CT molecular complexity index is 754. The summed E-state index contributed by atoms with van der Waals surface area (Å²) in [6.45, 7) is 5.42. The molecule has 0 aromatic rings. The second kappa shape index (κ2) is 9.01. The maximum absolute atomic E-state index is 14.9. The van der Waals surface area contributed by atoms with E-state index in [4.69, 9.17) is 11.6 Å². The lowest BCUT2D eigenvalue weighted by atomic mass is 9.47. The number of rotatable bonds is 7. The average Bonchev–Trinajstić information content (AvgIpc) is 3.11. The zero-order valence-corrected chi connectivity index (χ0v) is 21.3. The van der Waals surface area contributed by atoms with Gasteiger partial charge in [0, 0.05) is 12.8 Å². The SMILES string of the molecule is C[C@H](CC(F)(F)CC(Cl)(CO)CO)[C@H]1CC[C@H]2[C@@H]3CC=C4C[C@@H](O)CC[C@]4(C)[C@H]3CC[C@]12C. The van der Waals surface area contributed by atoms with Gasteiger partial charge in [0.1, 0.15) is 0 Å². The van der Waals surface area contributed by atoms with Crippen LogP contribution < -0.4 is 0 Å². The fraction of sp³-hybridized carbons (Fsp3) is 0.926. The Hall–Kier alpha value is -0.230. The highest BCUT2D eigenvalue weighted by Gasteiger charge is 2.59. The van der Waals surface area contributed by atoms with E-state index in [0.29, 0.717) is 17.8 Å². The summed E-state index contributed by atoms with van der Waals surface area (Å²) in [6.07, 6.45) is 9.48. The third kappa shape index (κ3) is 4.54. The van der Waals surface area contributed by atoms with Gasteiger partial charge in [-0.3, -0.25) is 0 Å². The second-order valence-corrected chi connectivity index (χ2v) is 13.4. The molecule has 3 nitrogen and oxygen atoms in total. The number of fused-ring (bicyclic) bond motifs is 5. The Morgan fingerprint density at radius 3 is 2.45 bits per heavy atom. The van der Waals surface area contributed by atoms with Crippen LogP contribution in [0.3, 0.4) is 0 Å². The van der Waals surface area contributed by atoms with Crippen LogP contribution in [0.15, 0.2) is 11.6 Å². The number of aliphatic hydroxyl groups excluding tert-OH is 3. The minimum Gasteiger partial charge on any atom is -0.394 e. The first kappa shape index (κ1) is 25.9. The van der Waals surface area contributed by atoms with Crippen molar-refractivity contribution in [3.8, 4) is 0 Å². The Kier molecular flexibility index (Phi) is 7.06. The van der Waals surface area contributed by atoms with E-state index in [1.54, 1.807) is 0 Å².